The first kappa shape index (κ1) is 9.59. The van der Waals surface area contributed by atoms with Crippen LogP contribution in [-0.4, -0.2) is 21.1 Å². The Morgan fingerprint density at radius 2 is 1.81 bits per heavy atom. The predicted octanol–water partition coefficient (Wildman–Crippen LogP) is 1.17. The van der Waals surface area contributed by atoms with E-state index in [-0.39, 0.29) is 5.40 Å². The number of ether oxygens (including phenoxy) is 1. The first-order valence-corrected chi connectivity index (χ1v) is 5.56. The zero-order chi connectivity index (χ0) is 11.2. The molecule has 76 valence electrons. The van der Waals surface area contributed by atoms with Crippen LogP contribution in [0.25, 0.3) is 16.8 Å². The van der Waals surface area contributed by atoms with Crippen molar-refractivity contribution < 1.29 is 4.74 Å². The van der Waals surface area contributed by atoms with E-state index < -0.39 is 0 Å². The van der Waals surface area contributed by atoms with Gasteiger partial charge in [-0.15, -0.1) is 0 Å². The van der Waals surface area contributed by atoms with Gasteiger partial charge >= 0.3 is 0 Å². The second kappa shape index (κ2) is 3.18. The number of rotatable bonds is 0. The molecule has 0 saturated heterocycles. The van der Waals surface area contributed by atoms with Gasteiger partial charge in [-0.1, -0.05) is 48.6 Å². The van der Waals surface area contributed by atoms with Gasteiger partial charge in [-0.3, -0.25) is 0 Å². The molecule has 0 spiro atoms. The largest absolute Gasteiger partial charge is 0.500 e. The summed E-state index contributed by atoms with van der Waals surface area (Å²) in [6.07, 6.45) is 4.25. The highest BCUT2D eigenvalue weighted by atomic mass is 16.5. The van der Waals surface area contributed by atoms with E-state index in [9.17, 15) is 0 Å². The summed E-state index contributed by atoms with van der Waals surface area (Å²) < 4.78 is 6.05. The van der Waals surface area contributed by atoms with Gasteiger partial charge in [0.15, 0.2) is 15.7 Å². The summed E-state index contributed by atoms with van der Waals surface area (Å²) in [4.78, 5) is 0. The fraction of sp³-hybridized carbons (Fsp3) is 0.0769. The summed E-state index contributed by atoms with van der Waals surface area (Å²) >= 11 is 0. The molecule has 0 radical (unpaired) electrons. The Balaban J connectivity index is 2.31. The zero-order valence-electron chi connectivity index (χ0n) is 9.53. The molecule has 1 aliphatic heterocycles. The number of hydrogen-bond acceptors (Lipinski definition) is 1. The van der Waals surface area contributed by atoms with Crippen molar-refractivity contribution in [2.45, 2.75) is 5.40 Å². The Hall–Kier alpha value is -1.63. The number of fused-ring (bicyclic) bond motifs is 3. The second-order valence-corrected chi connectivity index (χ2v) is 4.74. The molecule has 2 aromatic carbocycles. The molecule has 0 aliphatic carbocycles. The Bertz CT molecular complexity index is 588. The molecule has 0 aromatic heterocycles. The average Bonchev–Trinajstić information content (AvgIpc) is 2.28. The van der Waals surface area contributed by atoms with Gasteiger partial charge in [0.05, 0.1) is 5.40 Å². The van der Waals surface area contributed by atoms with Gasteiger partial charge in [-0.2, -0.15) is 0 Å². The topological polar surface area (TPSA) is 9.23 Å². The Labute approximate surface area is 96.9 Å². The van der Waals surface area contributed by atoms with E-state index in [1.807, 2.05) is 0 Å². The van der Waals surface area contributed by atoms with Crippen LogP contribution in [0.15, 0.2) is 42.5 Å². The van der Waals surface area contributed by atoms with Crippen LogP contribution in [0.5, 0.6) is 5.75 Å². The maximum absolute atomic E-state index is 6.05. The van der Waals surface area contributed by atoms with Gasteiger partial charge in [0, 0.05) is 10.9 Å². The fourth-order valence-corrected chi connectivity index (χ4v) is 2.09. The minimum Gasteiger partial charge on any atom is -0.500 e. The highest BCUT2D eigenvalue weighted by molar-refractivity contribution is 6.41. The van der Waals surface area contributed by atoms with Crippen molar-refractivity contribution in [1.29, 1.82) is 0 Å². The van der Waals surface area contributed by atoms with Crippen LogP contribution < -0.4 is 4.74 Å². The van der Waals surface area contributed by atoms with Crippen molar-refractivity contribution in [3.8, 4) is 5.75 Å². The van der Waals surface area contributed by atoms with Crippen molar-refractivity contribution in [2.75, 3.05) is 0 Å². The molecule has 0 fully saturated rings. The predicted molar refractivity (Wildman–Crippen MR) is 73.4 cm³/mol. The molecule has 0 saturated carbocycles. The van der Waals surface area contributed by atoms with Gasteiger partial charge in [-0.05, 0) is 5.39 Å². The summed E-state index contributed by atoms with van der Waals surface area (Å²) in [5.74, 6) is 1.01. The third kappa shape index (κ3) is 1.44. The van der Waals surface area contributed by atoms with Crippen LogP contribution in [0.3, 0.4) is 0 Å². The van der Waals surface area contributed by atoms with Crippen LogP contribution in [-0.2, 0) is 0 Å². The smallest absolute Gasteiger partial charge is 0.152 e. The van der Waals surface area contributed by atoms with Crippen LogP contribution in [0.4, 0.5) is 0 Å². The maximum Gasteiger partial charge on any atom is 0.152 e. The van der Waals surface area contributed by atoms with Crippen molar-refractivity contribution in [3.05, 3.63) is 48.0 Å². The average molecular weight is 206 g/mol. The van der Waals surface area contributed by atoms with Crippen LogP contribution in [0.2, 0.25) is 0 Å². The summed E-state index contributed by atoms with van der Waals surface area (Å²) in [7, 11) is 4.16. The second-order valence-electron chi connectivity index (χ2n) is 4.74. The molecular formula is C13H12B2O. The quantitative estimate of drug-likeness (QED) is 0.587. The zero-order valence-corrected chi connectivity index (χ0v) is 9.53. The molecule has 3 rings (SSSR count). The SMILES string of the molecule is BC1(B)C=Cc2ccc3ccccc3c2O1. The molecule has 1 heterocycles. The van der Waals surface area contributed by atoms with E-state index >= 15 is 0 Å². The molecule has 1 aliphatic rings. The molecule has 0 amide bonds. The van der Waals surface area contributed by atoms with Crippen molar-refractivity contribution in [2.24, 2.45) is 0 Å². The molecule has 2 aromatic rings. The normalized spacial score (nSPS) is 16.8. The maximum atomic E-state index is 6.05. The van der Waals surface area contributed by atoms with E-state index in [1.165, 1.54) is 10.8 Å². The first-order chi connectivity index (χ1) is 7.66. The lowest BCUT2D eigenvalue weighted by molar-refractivity contribution is 0.288. The lowest BCUT2D eigenvalue weighted by Gasteiger charge is -2.29. The van der Waals surface area contributed by atoms with Crippen LogP contribution in [0, 0.1) is 0 Å². The van der Waals surface area contributed by atoms with E-state index in [0.29, 0.717) is 0 Å². The highest BCUT2D eigenvalue weighted by Gasteiger charge is 2.22. The standard InChI is InChI=1S/C13H12B2O/c14-13(15)8-7-10-6-5-9-3-1-2-4-11(9)12(10)16-13/h1-8H,14-15H2. The molecular weight excluding hydrogens is 194 g/mol. The summed E-state index contributed by atoms with van der Waals surface area (Å²) in [5.41, 5.74) is 1.16. The Morgan fingerprint density at radius 1 is 1.00 bits per heavy atom. The summed E-state index contributed by atoms with van der Waals surface area (Å²) in [6, 6.07) is 12.6. The molecule has 1 nitrogen and oxygen atoms in total. The number of benzene rings is 2. The highest BCUT2D eigenvalue weighted by Crippen LogP contribution is 2.35. The Morgan fingerprint density at radius 3 is 2.69 bits per heavy atom. The minimum absolute atomic E-state index is 0.211. The van der Waals surface area contributed by atoms with Gasteiger partial charge < -0.3 is 4.74 Å². The van der Waals surface area contributed by atoms with Crippen LogP contribution in [0.1, 0.15) is 5.56 Å². The van der Waals surface area contributed by atoms with Crippen molar-refractivity contribution in [1.82, 2.24) is 0 Å². The lowest BCUT2D eigenvalue weighted by atomic mass is 9.64. The summed E-state index contributed by atoms with van der Waals surface area (Å²) in [6.45, 7) is 0. The molecule has 0 unspecified atom stereocenters. The minimum atomic E-state index is -0.211. The molecule has 0 bridgehead atoms. The van der Waals surface area contributed by atoms with Crippen LogP contribution >= 0.6 is 0 Å². The molecule has 0 N–H and O–H groups in total. The van der Waals surface area contributed by atoms with E-state index in [4.69, 9.17) is 4.74 Å². The fourth-order valence-electron chi connectivity index (χ4n) is 2.09. The lowest BCUT2D eigenvalue weighted by Crippen LogP contribution is -2.36. The molecule has 3 heteroatoms. The van der Waals surface area contributed by atoms with Crippen molar-refractivity contribution >= 4 is 32.5 Å². The van der Waals surface area contributed by atoms with E-state index in [1.54, 1.807) is 0 Å². The van der Waals surface area contributed by atoms with Gasteiger partial charge in [-0.25, -0.2) is 0 Å². The van der Waals surface area contributed by atoms with Gasteiger partial charge in [0.2, 0.25) is 0 Å². The van der Waals surface area contributed by atoms with Gasteiger partial charge in [0.25, 0.3) is 0 Å². The number of hydrogen-bond donors (Lipinski definition) is 0. The van der Waals surface area contributed by atoms with E-state index in [0.717, 1.165) is 11.3 Å². The Kier molecular flexibility index (Phi) is 1.90. The van der Waals surface area contributed by atoms with E-state index in [2.05, 4.69) is 64.2 Å². The monoisotopic (exact) mass is 206 g/mol. The van der Waals surface area contributed by atoms with Gasteiger partial charge in [0.1, 0.15) is 5.75 Å². The molecule has 16 heavy (non-hydrogen) atoms. The van der Waals surface area contributed by atoms with Crippen molar-refractivity contribution in [3.63, 3.8) is 0 Å². The summed E-state index contributed by atoms with van der Waals surface area (Å²) in [5, 5.41) is 2.21. The third-order valence-electron chi connectivity index (χ3n) is 2.94. The molecule has 0 atom stereocenters. The first-order valence-electron chi connectivity index (χ1n) is 5.56. The third-order valence-corrected chi connectivity index (χ3v) is 2.94.